The lowest BCUT2D eigenvalue weighted by molar-refractivity contribution is -0.137. The number of para-hydroxylation sites is 1. The van der Waals surface area contributed by atoms with Crippen molar-refractivity contribution in [2.24, 2.45) is 0 Å². The van der Waals surface area contributed by atoms with E-state index in [2.05, 4.69) is 16.9 Å². The first-order chi connectivity index (χ1) is 12.9. The van der Waals surface area contributed by atoms with E-state index in [1.165, 1.54) is 18.2 Å². The number of carbonyl (C=O) groups is 1. The summed E-state index contributed by atoms with van der Waals surface area (Å²) in [5.41, 5.74) is 0.668. The summed E-state index contributed by atoms with van der Waals surface area (Å²) in [6.07, 6.45) is -1.68. The zero-order valence-corrected chi connectivity index (χ0v) is 14.1. The number of ether oxygens (including phenoxy) is 1. The van der Waals surface area contributed by atoms with Crippen molar-refractivity contribution in [1.82, 2.24) is 10.3 Å². The first-order valence-electron chi connectivity index (χ1n) is 8.00. The zero-order chi connectivity index (χ0) is 19.4. The van der Waals surface area contributed by atoms with Gasteiger partial charge in [-0.2, -0.15) is 13.2 Å². The first-order valence-corrected chi connectivity index (χ1v) is 8.00. The molecule has 1 amide bonds. The Hall–Kier alpha value is -3.35. The van der Waals surface area contributed by atoms with Crippen molar-refractivity contribution in [1.29, 1.82) is 0 Å². The van der Waals surface area contributed by atoms with E-state index in [0.29, 0.717) is 16.7 Å². The predicted octanol–water partition coefficient (Wildman–Crippen LogP) is 4.85. The molecule has 0 fully saturated rings. The SMILES string of the molecule is C=CC(=O)NCc1cccc2c(Oc3ccc(C(F)(F)F)cc3)ccnc12. The van der Waals surface area contributed by atoms with E-state index in [0.717, 1.165) is 17.7 Å². The fourth-order valence-corrected chi connectivity index (χ4v) is 2.54. The summed E-state index contributed by atoms with van der Waals surface area (Å²) in [5.74, 6) is 0.432. The second-order valence-electron chi connectivity index (χ2n) is 5.67. The molecule has 0 saturated carbocycles. The number of hydrogen-bond acceptors (Lipinski definition) is 3. The maximum atomic E-state index is 12.7. The van der Waals surface area contributed by atoms with Crippen LogP contribution in [0.1, 0.15) is 11.1 Å². The van der Waals surface area contributed by atoms with E-state index in [-0.39, 0.29) is 18.2 Å². The smallest absolute Gasteiger partial charge is 0.416 e. The fourth-order valence-electron chi connectivity index (χ4n) is 2.54. The number of aromatic nitrogens is 1. The third kappa shape index (κ3) is 4.25. The van der Waals surface area contributed by atoms with Crippen LogP contribution < -0.4 is 10.1 Å². The molecule has 0 bridgehead atoms. The maximum absolute atomic E-state index is 12.7. The summed E-state index contributed by atoms with van der Waals surface area (Å²) in [4.78, 5) is 15.7. The first kappa shape index (κ1) is 18.4. The average molecular weight is 372 g/mol. The van der Waals surface area contributed by atoms with Crippen LogP contribution in [0.4, 0.5) is 13.2 Å². The second-order valence-corrected chi connectivity index (χ2v) is 5.67. The van der Waals surface area contributed by atoms with Gasteiger partial charge in [0.05, 0.1) is 11.1 Å². The van der Waals surface area contributed by atoms with Crippen LogP contribution in [0.2, 0.25) is 0 Å². The van der Waals surface area contributed by atoms with E-state index in [1.54, 1.807) is 24.4 Å². The number of fused-ring (bicyclic) bond motifs is 1. The van der Waals surface area contributed by atoms with Crippen LogP contribution in [-0.4, -0.2) is 10.9 Å². The van der Waals surface area contributed by atoms with Crippen molar-refractivity contribution >= 4 is 16.8 Å². The maximum Gasteiger partial charge on any atom is 0.416 e. The lowest BCUT2D eigenvalue weighted by Crippen LogP contribution is -2.20. The van der Waals surface area contributed by atoms with Crippen LogP contribution in [0.5, 0.6) is 11.5 Å². The Bertz CT molecular complexity index is 983. The number of rotatable bonds is 5. The van der Waals surface area contributed by atoms with Gasteiger partial charge >= 0.3 is 6.18 Å². The quantitative estimate of drug-likeness (QED) is 0.652. The van der Waals surface area contributed by atoms with Gasteiger partial charge in [0.25, 0.3) is 0 Å². The molecule has 0 spiro atoms. The lowest BCUT2D eigenvalue weighted by Gasteiger charge is -2.12. The molecule has 1 aromatic heterocycles. The van der Waals surface area contributed by atoms with Crippen LogP contribution in [-0.2, 0) is 17.5 Å². The number of nitrogens with zero attached hydrogens (tertiary/aromatic N) is 1. The minimum atomic E-state index is -4.40. The van der Waals surface area contributed by atoms with Gasteiger partial charge in [-0.15, -0.1) is 0 Å². The normalized spacial score (nSPS) is 11.2. The van der Waals surface area contributed by atoms with Crippen LogP contribution in [0.25, 0.3) is 10.9 Å². The molecule has 0 atom stereocenters. The Balaban J connectivity index is 1.89. The molecule has 3 rings (SSSR count). The van der Waals surface area contributed by atoms with Gasteiger partial charge in [-0.25, -0.2) is 0 Å². The second kappa shape index (κ2) is 7.49. The summed E-state index contributed by atoms with van der Waals surface area (Å²) in [6, 6.07) is 11.5. The third-order valence-electron chi connectivity index (χ3n) is 3.86. The molecular weight excluding hydrogens is 357 g/mol. The van der Waals surface area contributed by atoms with E-state index in [4.69, 9.17) is 4.74 Å². The van der Waals surface area contributed by atoms with Gasteiger partial charge in [0.1, 0.15) is 11.5 Å². The van der Waals surface area contributed by atoms with Gasteiger partial charge < -0.3 is 10.1 Å². The van der Waals surface area contributed by atoms with Crippen molar-refractivity contribution < 1.29 is 22.7 Å². The average Bonchev–Trinajstić information content (AvgIpc) is 2.66. The van der Waals surface area contributed by atoms with Crippen molar-refractivity contribution in [2.75, 3.05) is 0 Å². The van der Waals surface area contributed by atoms with Crippen LogP contribution in [0.15, 0.2) is 67.4 Å². The molecule has 0 radical (unpaired) electrons. The van der Waals surface area contributed by atoms with E-state index in [1.807, 2.05) is 6.07 Å². The largest absolute Gasteiger partial charge is 0.457 e. The number of pyridine rings is 1. The number of hydrogen-bond donors (Lipinski definition) is 1. The molecule has 0 aliphatic heterocycles. The Labute approximate surface area is 153 Å². The van der Waals surface area contributed by atoms with Gasteiger partial charge in [0.15, 0.2) is 0 Å². The highest BCUT2D eigenvalue weighted by Crippen LogP contribution is 2.33. The fraction of sp³-hybridized carbons (Fsp3) is 0.100. The van der Waals surface area contributed by atoms with Crippen LogP contribution in [0.3, 0.4) is 0 Å². The molecule has 7 heteroatoms. The highest BCUT2D eigenvalue weighted by Gasteiger charge is 2.30. The highest BCUT2D eigenvalue weighted by atomic mass is 19.4. The number of carbonyl (C=O) groups excluding carboxylic acids is 1. The molecule has 1 N–H and O–H groups in total. The molecule has 0 unspecified atom stereocenters. The predicted molar refractivity (Wildman–Crippen MR) is 95.3 cm³/mol. The summed E-state index contributed by atoms with van der Waals surface area (Å²) in [5, 5.41) is 3.37. The molecular formula is C20H15F3N2O2. The minimum absolute atomic E-state index is 0.263. The number of nitrogens with one attached hydrogen (secondary N) is 1. The standard InChI is InChI=1S/C20H15F3N2O2/c1-2-18(26)25-12-13-4-3-5-16-17(10-11-24-19(13)16)27-15-8-6-14(7-9-15)20(21,22)23/h2-11H,1,12H2,(H,25,26). The Morgan fingerprint density at radius 3 is 2.56 bits per heavy atom. The van der Waals surface area contributed by atoms with Gasteiger partial charge in [0, 0.05) is 18.1 Å². The highest BCUT2D eigenvalue weighted by molar-refractivity contribution is 5.89. The monoisotopic (exact) mass is 372 g/mol. The van der Waals surface area contributed by atoms with Crippen molar-refractivity contribution in [3.63, 3.8) is 0 Å². The number of amides is 1. The van der Waals surface area contributed by atoms with Gasteiger partial charge in [-0.3, -0.25) is 9.78 Å². The number of alkyl halides is 3. The Morgan fingerprint density at radius 2 is 1.89 bits per heavy atom. The summed E-state index contributed by atoms with van der Waals surface area (Å²) >= 11 is 0. The summed E-state index contributed by atoms with van der Waals surface area (Å²) < 4.78 is 43.8. The zero-order valence-electron chi connectivity index (χ0n) is 14.1. The minimum Gasteiger partial charge on any atom is -0.457 e. The molecule has 0 aliphatic carbocycles. The Morgan fingerprint density at radius 1 is 1.15 bits per heavy atom. The van der Waals surface area contributed by atoms with Crippen molar-refractivity contribution in [2.45, 2.75) is 12.7 Å². The summed E-state index contributed by atoms with van der Waals surface area (Å²) in [6.45, 7) is 3.66. The van der Waals surface area contributed by atoms with Crippen LogP contribution in [0, 0.1) is 0 Å². The molecule has 4 nitrogen and oxygen atoms in total. The van der Waals surface area contributed by atoms with Gasteiger partial charge in [-0.05, 0) is 48.0 Å². The number of benzene rings is 2. The molecule has 1 heterocycles. The van der Waals surface area contributed by atoms with Crippen molar-refractivity contribution in [3.05, 3.63) is 78.5 Å². The molecule has 3 aromatic rings. The van der Waals surface area contributed by atoms with Crippen molar-refractivity contribution in [3.8, 4) is 11.5 Å². The van der Waals surface area contributed by atoms with E-state index in [9.17, 15) is 18.0 Å². The topological polar surface area (TPSA) is 51.2 Å². The Kier molecular flexibility index (Phi) is 5.12. The molecule has 2 aromatic carbocycles. The molecule has 0 aliphatic rings. The van der Waals surface area contributed by atoms with Crippen LogP contribution >= 0.6 is 0 Å². The third-order valence-corrected chi connectivity index (χ3v) is 3.86. The van der Waals surface area contributed by atoms with Gasteiger partial charge in [-0.1, -0.05) is 18.7 Å². The van der Waals surface area contributed by atoms with E-state index >= 15 is 0 Å². The number of halogens is 3. The lowest BCUT2D eigenvalue weighted by atomic mass is 10.1. The molecule has 0 saturated heterocycles. The van der Waals surface area contributed by atoms with Gasteiger partial charge in [0.2, 0.25) is 5.91 Å². The van der Waals surface area contributed by atoms with E-state index < -0.39 is 11.7 Å². The molecule has 27 heavy (non-hydrogen) atoms. The molecule has 138 valence electrons. The summed E-state index contributed by atoms with van der Waals surface area (Å²) in [7, 11) is 0.